The summed E-state index contributed by atoms with van der Waals surface area (Å²) in [5.41, 5.74) is 11.0. The van der Waals surface area contributed by atoms with Crippen LogP contribution in [-0.4, -0.2) is 37.3 Å². The van der Waals surface area contributed by atoms with Gasteiger partial charge in [-0.3, -0.25) is 0 Å². The molecule has 4 aromatic carbocycles. The number of nitrogens with two attached hydrogens (primary N) is 1. The quantitative estimate of drug-likeness (QED) is 0.237. The predicted molar refractivity (Wildman–Crippen MR) is 154 cm³/mol. The lowest BCUT2D eigenvalue weighted by Crippen LogP contribution is -2.64. The van der Waals surface area contributed by atoms with Gasteiger partial charge in [-0.1, -0.05) is 121 Å². The van der Waals surface area contributed by atoms with Crippen molar-refractivity contribution in [1.82, 2.24) is 0 Å². The fourth-order valence-corrected chi connectivity index (χ4v) is 4.77. The van der Waals surface area contributed by atoms with Crippen LogP contribution in [0.15, 0.2) is 121 Å². The van der Waals surface area contributed by atoms with Crippen LogP contribution in [0.2, 0.25) is 0 Å². The molecule has 1 aliphatic rings. The van der Waals surface area contributed by atoms with Crippen molar-refractivity contribution in [1.29, 1.82) is 0 Å². The molecule has 4 aromatic rings. The summed E-state index contributed by atoms with van der Waals surface area (Å²) in [6.45, 7) is 1.93. The van der Waals surface area contributed by atoms with Crippen molar-refractivity contribution in [2.24, 2.45) is 5.73 Å². The van der Waals surface area contributed by atoms with Crippen molar-refractivity contribution in [3.05, 3.63) is 144 Å². The topological polar surface area (TPSA) is 72.2 Å². The predicted octanol–water partition coefficient (Wildman–Crippen LogP) is 5.64. The van der Waals surface area contributed by atoms with Gasteiger partial charge < -0.3 is 29.4 Å². The second-order valence-electron chi connectivity index (χ2n) is 9.94. The Balaban J connectivity index is 1.34. The van der Waals surface area contributed by atoms with Crippen LogP contribution in [0.5, 0.6) is 0 Å². The number of hydrogen-bond donors (Lipinski definition) is 1. The van der Waals surface area contributed by atoms with Crippen LogP contribution in [0.1, 0.15) is 22.3 Å². The third-order valence-electron chi connectivity index (χ3n) is 6.91. The molecule has 0 bridgehead atoms. The van der Waals surface area contributed by atoms with Crippen molar-refractivity contribution >= 4 is 0 Å². The highest BCUT2D eigenvalue weighted by molar-refractivity contribution is 5.16. The molecule has 5 rings (SSSR count). The number of benzene rings is 4. The van der Waals surface area contributed by atoms with Crippen molar-refractivity contribution in [2.45, 2.75) is 57.1 Å². The van der Waals surface area contributed by atoms with E-state index in [0.29, 0.717) is 33.0 Å². The minimum atomic E-state index is -0.692. The van der Waals surface area contributed by atoms with Gasteiger partial charge in [0, 0.05) is 0 Å². The Hall–Kier alpha value is -3.36. The van der Waals surface area contributed by atoms with Crippen molar-refractivity contribution in [2.75, 3.05) is 6.61 Å². The van der Waals surface area contributed by atoms with Crippen molar-refractivity contribution in [3.8, 4) is 0 Å². The van der Waals surface area contributed by atoms with E-state index < -0.39 is 30.6 Å². The fraction of sp³-hybridized carbons (Fsp3) is 0.294. The van der Waals surface area contributed by atoms with E-state index >= 15 is 0 Å². The number of hydrogen-bond acceptors (Lipinski definition) is 6. The van der Waals surface area contributed by atoms with E-state index in [1.165, 1.54) is 0 Å². The van der Waals surface area contributed by atoms with Gasteiger partial charge >= 0.3 is 0 Å². The maximum atomic E-state index is 6.80. The molecule has 1 fully saturated rings. The summed E-state index contributed by atoms with van der Waals surface area (Å²) in [7, 11) is 0. The van der Waals surface area contributed by atoms with Crippen LogP contribution in [0.4, 0.5) is 0 Å². The normalized spacial score (nSPS) is 22.7. The van der Waals surface area contributed by atoms with Gasteiger partial charge in [0.15, 0.2) is 6.29 Å². The van der Waals surface area contributed by atoms with Crippen LogP contribution in [0, 0.1) is 0 Å². The molecule has 40 heavy (non-hydrogen) atoms. The lowest BCUT2D eigenvalue weighted by molar-refractivity contribution is -0.289. The van der Waals surface area contributed by atoms with E-state index in [9.17, 15) is 0 Å². The zero-order chi connectivity index (χ0) is 27.4. The fourth-order valence-electron chi connectivity index (χ4n) is 4.77. The summed E-state index contributed by atoms with van der Waals surface area (Å²) in [5.74, 6) is 0. The Morgan fingerprint density at radius 3 is 1.38 bits per heavy atom. The first-order chi connectivity index (χ1) is 19.8. The third-order valence-corrected chi connectivity index (χ3v) is 6.91. The largest absolute Gasteiger partial charge is 0.374 e. The molecule has 1 aliphatic heterocycles. The number of ether oxygens (including phenoxy) is 5. The Morgan fingerprint density at radius 1 is 0.500 bits per heavy atom. The van der Waals surface area contributed by atoms with E-state index in [0.717, 1.165) is 22.3 Å². The van der Waals surface area contributed by atoms with E-state index in [4.69, 9.17) is 29.4 Å². The SMILES string of the molecule is N[C@@H]1[C@@H](OCc2ccccc2)O[C@H](COCc2ccccc2)[C@@H](OCc2ccccc2)[C@@H]1OCc1ccccc1. The standard InChI is InChI=1S/C34H37NO5/c35-31-33(38-23-28-17-9-3-10-18-28)32(37-22-27-15-7-2-8-16-27)30(25-36-21-26-13-5-1-6-14-26)40-34(31)39-24-29-19-11-4-12-20-29/h1-20,30-34H,21-25,35H2/t30-,31+,32-,33-,34+/m1/s1. The first-order valence-corrected chi connectivity index (χ1v) is 13.8. The van der Waals surface area contributed by atoms with Crippen LogP contribution in [-0.2, 0) is 50.1 Å². The molecular formula is C34H37NO5. The highest BCUT2D eigenvalue weighted by Gasteiger charge is 2.46. The molecule has 6 nitrogen and oxygen atoms in total. The van der Waals surface area contributed by atoms with Crippen LogP contribution >= 0.6 is 0 Å². The second-order valence-corrected chi connectivity index (χ2v) is 9.94. The molecule has 5 atom stereocenters. The highest BCUT2D eigenvalue weighted by atomic mass is 16.7. The Kier molecular flexibility index (Phi) is 10.5. The van der Waals surface area contributed by atoms with E-state index in [-0.39, 0.29) is 0 Å². The van der Waals surface area contributed by atoms with Gasteiger partial charge in [0.2, 0.25) is 0 Å². The summed E-state index contributed by atoms with van der Waals surface area (Å²) >= 11 is 0. The monoisotopic (exact) mass is 539 g/mol. The minimum Gasteiger partial charge on any atom is -0.374 e. The molecule has 208 valence electrons. The third kappa shape index (κ3) is 8.08. The van der Waals surface area contributed by atoms with Crippen LogP contribution in [0.3, 0.4) is 0 Å². The molecule has 0 saturated carbocycles. The maximum absolute atomic E-state index is 6.80. The summed E-state index contributed by atoms with van der Waals surface area (Å²) in [6.07, 6.45) is -2.09. The molecule has 0 aromatic heterocycles. The Labute approximate surface area is 236 Å². The average molecular weight is 540 g/mol. The summed E-state index contributed by atoms with van der Waals surface area (Å²) < 4.78 is 31.8. The zero-order valence-corrected chi connectivity index (χ0v) is 22.6. The van der Waals surface area contributed by atoms with Gasteiger partial charge in [-0.25, -0.2) is 0 Å². The first kappa shape index (κ1) is 28.2. The van der Waals surface area contributed by atoms with Crippen molar-refractivity contribution in [3.63, 3.8) is 0 Å². The molecule has 0 amide bonds. The van der Waals surface area contributed by atoms with E-state index in [1.807, 2.05) is 121 Å². The molecule has 0 unspecified atom stereocenters. The molecule has 0 spiro atoms. The van der Waals surface area contributed by atoms with Gasteiger partial charge in [-0.2, -0.15) is 0 Å². The Bertz CT molecular complexity index is 1200. The zero-order valence-electron chi connectivity index (χ0n) is 22.6. The molecule has 0 radical (unpaired) electrons. The molecule has 6 heteroatoms. The van der Waals surface area contributed by atoms with Crippen LogP contribution in [0.25, 0.3) is 0 Å². The smallest absolute Gasteiger partial charge is 0.176 e. The van der Waals surface area contributed by atoms with Gasteiger partial charge in [-0.15, -0.1) is 0 Å². The van der Waals surface area contributed by atoms with E-state index in [1.54, 1.807) is 0 Å². The first-order valence-electron chi connectivity index (χ1n) is 13.8. The molecule has 1 heterocycles. The number of rotatable bonds is 13. The average Bonchev–Trinajstić information content (AvgIpc) is 3.01. The van der Waals surface area contributed by atoms with Gasteiger partial charge in [0.1, 0.15) is 18.3 Å². The van der Waals surface area contributed by atoms with E-state index in [2.05, 4.69) is 0 Å². The second kappa shape index (κ2) is 14.9. The molecular weight excluding hydrogens is 502 g/mol. The van der Waals surface area contributed by atoms with Gasteiger partial charge in [0.05, 0.1) is 39.1 Å². The van der Waals surface area contributed by atoms with Gasteiger partial charge in [0.25, 0.3) is 0 Å². The molecule has 0 aliphatic carbocycles. The minimum absolute atomic E-state index is 0.303. The molecule has 2 N–H and O–H groups in total. The summed E-state index contributed by atoms with van der Waals surface area (Å²) in [5, 5.41) is 0. The van der Waals surface area contributed by atoms with Crippen molar-refractivity contribution < 1.29 is 23.7 Å². The lowest BCUT2D eigenvalue weighted by atomic mass is 9.96. The molecule has 1 saturated heterocycles. The van der Waals surface area contributed by atoms with Gasteiger partial charge in [-0.05, 0) is 22.3 Å². The van der Waals surface area contributed by atoms with Crippen LogP contribution < -0.4 is 5.73 Å². The maximum Gasteiger partial charge on any atom is 0.176 e. The summed E-state index contributed by atoms with van der Waals surface area (Å²) in [6, 6.07) is 39.6. The lowest BCUT2D eigenvalue weighted by Gasteiger charge is -2.44. The Morgan fingerprint density at radius 2 is 0.900 bits per heavy atom. The summed E-state index contributed by atoms with van der Waals surface area (Å²) in [4.78, 5) is 0. The highest BCUT2D eigenvalue weighted by Crippen LogP contribution is 2.28.